The van der Waals surface area contributed by atoms with E-state index < -0.39 is 0 Å². The molecular formula is C10H18N2O. The third-order valence-corrected chi connectivity index (χ3v) is 1.99. The van der Waals surface area contributed by atoms with Gasteiger partial charge >= 0.3 is 0 Å². The SMILES string of the molecule is CCc1nc(C(C)C)oc1CCN. The summed E-state index contributed by atoms with van der Waals surface area (Å²) < 4.78 is 5.62. The van der Waals surface area contributed by atoms with Crippen LogP contribution in [0.25, 0.3) is 0 Å². The lowest BCUT2D eigenvalue weighted by molar-refractivity contribution is 0.436. The van der Waals surface area contributed by atoms with Crippen molar-refractivity contribution in [3.8, 4) is 0 Å². The quantitative estimate of drug-likeness (QED) is 0.773. The van der Waals surface area contributed by atoms with E-state index in [-0.39, 0.29) is 0 Å². The Kier molecular flexibility index (Phi) is 3.48. The topological polar surface area (TPSA) is 52.0 Å². The van der Waals surface area contributed by atoms with Crippen molar-refractivity contribution in [1.29, 1.82) is 0 Å². The Labute approximate surface area is 79.3 Å². The number of aromatic nitrogens is 1. The van der Waals surface area contributed by atoms with Gasteiger partial charge in [0.15, 0.2) is 5.89 Å². The zero-order valence-electron chi connectivity index (χ0n) is 8.63. The van der Waals surface area contributed by atoms with Crippen molar-refractivity contribution in [2.24, 2.45) is 5.73 Å². The summed E-state index contributed by atoms with van der Waals surface area (Å²) in [6.45, 7) is 6.87. The molecule has 0 aromatic carbocycles. The predicted octanol–water partition coefficient (Wildman–Crippen LogP) is 1.86. The second-order valence-electron chi connectivity index (χ2n) is 3.47. The molecule has 3 heteroatoms. The number of nitrogens with two attached hydrogens (primary N) is 1. The maximum absolute atomic E-state index is 5.62. The van der Waals surface area contributed by atoms with Crippen LogP contribution in [0.3, 0.4) is 0 Å². The highest BCUT2D eigenvalue weighted by molar-refractivity contribution is 5.11. The average Bonchev–Trinajstić information content (AvgIpc) is 2.48. The van der Waals surface area contributed by atoms with Crippen LogP contribution in [0.4, 0.5) is 0 Å². The summed E-state index contributed by atoms with van der Waals surface area (Å²) in [4.78, 5) is 4.42. The molecule has 1 aromatic heterocycles. The highest BCUT2D eigenvalue weighted by atomic mass is 16.4. The standard InChI is InChI=1S/C10H18N2O/c1-4-8-9(5-6-11)13-10(12-8)7(2)3/h7H,4-6,11H2,1-3H3. The molecule has 0 unspecified atom stereocenters. The van der Waals surface area contributed by atoms with E-state index in [9.17, 15) is 0 Å². The fourth-order valence-corrected chi connectivity index (χ4v) is 1.25. The minimum atomic E-state index is 0.358. The predicted molar refractivity (Wildman–Crippen MR) is 52.7 cm³/mol. The molecule has 0 radical (unpaired) electrons. The zero-order valence-corrected chi connectivity index (χ0v) is 8.63. The zero-order chi connectivity index (χ0) is 9.84. The molecule has 1 aromatic rings. The van der Waals surface area contributed by atoms with Gasteiger partial charge in [-0.25, -0.2) is 4.98 Å². The van der Waals surface area contributed by atoms with Crippen LogP contribution < -0.4 is 5.73 Å². The van der Waals surface area contributed by atoms with Crippen LogP contribution in [0.1, 0.15) is 44.0 Å². The van der Waals surface area contributed by atoms with E-state index in [0.29, 0.717) is 12.5 Å². The minimum absolute atomic E-state index is 0.358. The molecule has 0 aliphatic heterocycles. The highest BCUT2D eigenvalue weighted by Gasteiger charge is 2.12. The van der Waals surface area contributed by atoms with Crippen LogP contribution in [-0.2, 0) is 12.8 Å². The summed E-state index contributed by atoms with van der Waals surface area (Å²) in [6.07, 6.45) is 1.72. The molecule has 0 saturated carbocycles. The lowest BCUT2D eigenvalue weighted by atomic mass is 10.2. The Morgan fingerprint density at radius 1 is 1.46 bits per heavy atom. The maximum atomic E-state index is 5.62. The lowest BCUT2D eigenvalue weighted by Crippen LogP contribution is -2.03. The Morgan fingerprint density at radius 2 is 2.15 bits per heavy atom. The van der Waals surface area contributed by atoms with Crippen molar-refractivity contribution < 1.29 is 4.42 Å². The monoisotopic (exact) mass is 182 g/mol. The molecule has 1 heterocycles. The summed E-state index contributed by atoms with van der Waals surface area (Å²) in [6, 6.07) is 0. The lowest BCUT2D eigenvalue weighted by Gasteiger charge is -1.95. The van der Waals surface area contributed by atoms with Gasteiger partial charge in [0.25, 0.3) is 0 Å². The van der Waals surface area contributed by atoms with Gasteiger partial charge in [-0.15, -0.1) is 0 Å². The largest absolute Gasteiger partial charge is 0.445 e. The van der Waals surface area contributed by atoms with Crippen molar-refractivity contribution in [2.75, 3.05) is 6.54 Å². The number of rotatable bonds is 4. The summed E-state index contributed by atoms with van der Waals surface area (Å²) in [7, 11) is 0. The van der Waals surface area contributed by atoms with Gasteiger partial charge in [0.2, 0.25) is 0 Å². The normalized spacial score (nSPS) is 11.2. The summed E-state index contributed by atoms with van der Waals surface area (Å²) in [5.74, 6) is 2.16. The average molecular weight is 182 g/mol. The molecule has 13 heavy (non-hydrogen) atoms. The van der Waals surface area contributed by atoms with E-state index in [2.05, 4.69) is 25.8 Å². The van der Waals surface area contributed by atoms with Gasteiger partial charge in [-0.1, -0.05) is 20.8 Å². The molecule has 0 saturated heterocycles. The fourth-order valence-electron chi connectivity index (χ4n) is 1.25. The van der Waals surface area contributed by atoms with Crippen LogP contribution in [0.15, 0.2) is 4.42 Å². The number of aryl methyl sites for hydroxylation is 1. The number of hydrogen-bond acceptors (Lipinski definition) is 3. The van der Waals surface area contributed by atoms with E-state index in [1.807, 2.05) is 0 Å². The van der Waals surface area contributed by atoms with Crippen LogP contribution in [0, 0.1) is 0 Å². The number of nitrogens with zero attached hydrogens (tertiary/aromatic N) is 1. The Morgan fingerprint density at radius 3 is 2.62 bits per heavy atom. The molecule has 1 rings (SSSR count). The molecule has 2 N–H and O–H groups in total. The van der Waals surface area contributed by atoms with Gasteiger partial charge in [0, 0.05) is 12.3 Å². The Balaban J connectivity index is 2.90. The number of oxazole rings is 1. The summed E-state index contributed by atoms with van der Waals surface area (Å²) >= 11 is 0. The van der Waals surface area contributed by atoms with Crippen molar-refractivity contribution in [3.05, 3.63) is 17.3 Å². The van der Waals surface area contributed by atoms with Gasteiger partial charge < -0.3 is 10.2 Å². The van der Waals surface area contributed by atoms with E-state index >= 15 is 0 Å². The second-order valence-corrected chi connectivity index (χ2v) is 3.47. The first-order valence-corrected chi connectivity index (χ1v) is 4.87. The molecule has 0 amide bonds. The van der Waals surface area contributed by atoms with Crippen LogP contribution in [-0.4, -0.2) is 11.5 Å². The van der Waals surface area contributed by atoms with E-state index in [1.165, 1.54) is 0 Å². The first kappa shape index (κ1) is 10.3. The fraction of sp³-hybridized carbons (Fsp3) is 0.700. The molecule has 0 aliphatic rings. The highest BCUT2D eigenvalue weighted by Crippen LogP contribution is 2.18. The van der Waals surface area contributed by atoms with E-state index in [1.54, 1.807) is 0 Å². The molecule has 0 spiro atoms. The van der Waals surface area contributed by atoms with Crippen LogP contribution in [0.5, 0.6) is 0 Å². The minimum Gasteiger partial charge on any atom is -0.445 e. The smallest absolute Gasteiger partial charge is 0.197 e. The van der Waals surface area contributed by atoms with Gasteiger partial charge in [0.05, 0.1) is 5.69 Å². The van der Waals surface area contributed by atoms with Crippen molar-refractivity contribution in [1.82, 2.24) is 4.98 Å². The molecular weight excluding hydrogens is 164 g/mol. The Hall–Kier alpha value is -0.830. The first-order valence-electron chi connectivity index (χ1n) is 4.87. The molecule has 3 nitrogen and oxygen atoms in total. The first-order chi connectivity index (χ1) is 6.19. The van der Waals surface area contributed by atoms with E-state index in [0.717, 1.165) is 30.2 Å². The van der Waals surface area contributed by atoms with Crippen molar-refractivity contribution >= 4 is 0 Å². The third-order valence-electron chi connectivity index (χ3n) is 1.99. The molecule has 0 atom stereocenters. The summed E-state index contributed by atoms with van der Waals surface area (Å²) in [5.41, 5.74) is 6.55. The van der Waals surface area contributed by atoms with Crippen LogP contribution >= 0.6 is 0 Å². The van der Waals surface area contributed by atoms with Crippen LogP contribution in [0.2, 0.25) is 0 Å². The third kappa shape index (κ3) is 2.31. The van der Waals surface area contributed by atoms with Gasteiger partial charge in [-0.3, -0.25) is 0 Å². The van der Waals surface area contributed by atoms with Crippen molar-refractivity contribution in [2.45, 2.75) is 39.5 Å². The van der Waals surface area contributed by atoms with E-state index in [4.69, 9.17) is 10.2 Å². The number of hydrogen-bond donors (Lipinski definition) is 1. The second kappa shape index (κ2) is 4.42. The van der Waals surface area contributed by atoms with Gasteiger partial charge in [0.1, 0.15) is 5.76 Å². The maximum Gasteiger partial charge on any atom is 0.197 e. The Bertz CT molecular complexity index is 266. The molecule has 0 bridgehead atoms. The van der Waals surface area contributed by atoms with Gasteiger partial charge in [-0.05, 0) is 13.0 Å². The molecule has 0 fully saturated rings. The molecule has 74 valence electrons. The molecule has 0 aliphatic carbocycles. The summed E-state index contributed by atoms with van der Waals surface area (Å²) in [5, 5.41) is 0. The van der Waals surface area contributed by atoms with Crippen molar-refractivity contribution in [3.63, 3.8) is 0 Å². The van der Waals surface area contributed by atoms with Gasteiger partial charge in [-0.2, -0.15) is 0 Å².